The molecule has 8 fully saturated rings. The van der Waals surface area contributed by atoms with E-state index in [1.807, 2.05) is 0 Å². The molecule has 8 aliphatic rings. The van der Waals surface area contributed by atoms with E-state index in [0.717, 1.165) is 138 Å². The highest BCUT2D eigenvalue weighted by Crippen LogP contribution is 2.74. The van der Waals surface area contributed by atoms with Gasteiger partial charge in [0.1, 0.15) is 37.9 Å². The van der Waals surface area contributed by atoms with Crippen LogP contribution in [0.5, 0.6) is 0 Å². The highest BCUT2D eigenvalue weighted by atomic mass is 16.5. The molecule has 0 radical (unpaired) electrons. The van der Waals surface area contributed by atoms with Crippen molar-refractivity contribution < 1.29 is 37.6 Å². The van der Waals surface area contributed by atoms with Crippen LogP contribution in [0.25, 0.3) is 0 Å². The van der Waals surface area contributed by atoms with Gasteiger partial charge in [0.15, 0.2) is 0 Å². The Morgan fingerprint density at radius 2 is 0.794 bits per heavy atom. The zero-order chi connectivity index (χ0) is 49.1. The predicted molar refractivity (Wildman–Crippen MR) is 272 cm³/mol. The largest absolute Gasteiger partial charge is 0.459 e. The summed E-state index contributed by atoms with van der Waals surface area (Å²) in [6.07, 6.45) is 31.8. The Bertz CT molecular complexity index is 1750. The summed E-state index contributed by atoms with van der Waals surface area (Å²) in [6, 6.07) is 0. The predicted octanol–water partition coefficient (Wildman–Crippen LogP) is 12.9. The Balaban J connectivity index is 0.649. The van der Waals surface area contributed by atoms with Crippen molar-refractivity contribution >= 4 is 23.5 Å². The number of unbranched alkanes of at least 4 members (excludes halogenated alkanes) is 9. The molecule has 0 saturated heterocycles. The summed E-state index contributed by atoms with van der Waals surface area (Å²) in [5.41, 5.74) is -0.412. The third-order valence-electron chi connectivity index (χ3n) is 23.3. The van der Waals surface area contributed by atoms with Crippen LogP contribution in [0.3, 0.4) is 0 Å². The van der Waals surface area contributed by atoms with Crippen molar-refractivity contribution in [2.45, 2.75) is 221 Å². The van der Waals surface area contributed by atoms with E-state index < -0.39 is 10.8 Å². The second kappa shape index (κ2) is 19.2. The van der Waals surface area contributed by atoms with Crippen molar-refractivity contribution in [3.63, 3.8) is 0 Å². The Labute approximate surface area is 415 Å². The zero-order valence-corrected chi connectivity index (χ0v) is 45.7. The molecule has 8 saturated carbocycles. The normalized spacial score (nSPS) is 41.9. The van der Waals surface area contributed by atoms with Crippen LogP contribution in [0, 0.1) is 67.0 Å². The van der Waals surface area contributed by atoms with Gasteiger partial charge in [0, 0.05) is 23.7 Å². The number of likely N-dealkylation sites (N-methyl/N-ethyl adjacent to an activating group) is 2. The number of fused-ring (bicyclic) bond motifs is 6. The molecule has 12 atom stereocenters. The number of ketones is 2. The molecule has 0 unspecified atom stereocenters. The van der Waals surface area contributed by atoms with Gasteiger partial charge in [-0.3, -0.25) is 19.2 Å². The molecule has 8 rings (SSSR count). The minimum atomic E-state index is -0.416. The van der Waals surface area contributed by atoms with Gasteiger partial charge in [-0.15, -0.1) is 0 Å². The minimum Gasteiger partial charge on any atom is -0.459 e. The lowest BCUT2D eigenvalue weighted by molar-refractivity contribution is -0.890. The Morgan fingerprint density at radius 1 is 0.456 bits per heavy atom. The molecule has 386 valence electrons. The highest BCUT2D eigenvalue weighted by Gasteiger charge is 2.70. The second-order valence-electron chi connectivity index (χ2n) is 28.9. The van der Waals surface area contributed by atoms with E-state index in [9.17, 15) is 19.2 Å². The maximum atomic E-state index is 14.0. The molecule has 0 aliphatic heterocycles. The molecule has 68 heavy (non-hydrogen) atoms. The lowest BCUT2D eigenvalue weighted by Gasteiger charge is -2.63. The summed E-state index contributed by atoms with van der Waals surface area (Å²) in [6.45, 7) is 18.9. The molecule has 0 aromatic heterocycles. The summed E-state index contributed by atoms with van der Waals surface area (Å²) in [5, 5.41) is 0. The van der Waals surface area contributed by atoms with Crippen LogP contribution in [0.1, 0.15) is 221 Å². The molecule has 8 heteroatoms. The SMILES string of the molecule is C[C@@]12CC[C@@H]3[C@@](CC[C@H]4[C@@]3(C)CCC[C@@]4(C)C(=O)OCC[N+](C)(C)CCCCCCCCCCCC[N+](C)(C)CCOC(=O)[C@]3(C)CCC[C@]4(C)[C@H]3CC[C@@]35CC(=O)[C@@](C)(CC[C@@H]34)C5)(CC1=O)C2. The van der Waals surface area contributed by atoms with E-state index in [0.29, 0.717) is 48.5 Å². The van der Waals surface area contributed by atoms with E-state index in [4.69, 9.17) is 9.47 Å². The summed E-state index contributed by atoms with van der Waals surface area (Å²) >= 11 is 0. The van der Waals surface area contributed by atoms with E-state index in [1.165, 1.54) is 77.0 Å². The van der Waals surface area contributed by atoms with Gasteiger partial charge in [-0.1, -0.05) is 79.1 Å². The van der Waals surface area contributed by atoms with E-state index in [-0.39, 0.29) is 44.4 Å². The number of rotatable bonds is 21. The molecular formula is C60H102N2O6+2. The van der Waals surface area contributed by atoms with Gasteiger partial charge in [-0.25, -0.2) is 0 Å². The molecule has 8 aliphatic carbocycles. The monoisotopic (exact) mass is 947 g/mol. The van der Waals surface area contributed by atoms with Crippen molar-refractivity contribution in [2.75, 3.05) is 67.6 Å². The molecule has 2 spiro atoms. The Hall–Kier alpha value is -1.80. The Kier molecular flexibility index (Phi) is 14.9. The van der Waals surface area contributed by atoms with Crippen molar-refractivity contribution in [3.05, 3.63) is 0 Å². The number of carbonyl (C=O) groups is 4. The van der Waals surface area contributed by atoms with Crippen LogP contribution in [0.2, 0.25) is 0 Å². The smallest absolute Gasteiger partial charge is 0.312 e. The number of hydrogen-bond donors (Lipinski definition) is 0. The molecule has 0 aromatic carbocycles. The number of quaternary nitrogens is 2. The van der Waals surface area contributed by atoms with Crippen molar-refractivity contribution in [1.29, 1.82) is 0 Å². The average Bonchev–Trinajstić information content (AvgIpc) is 3.56. The summed E-state index contributed by atoms with van der Waals surface area (Å²) < 4.78 is 14.2. The van der Waals surface area contributed by atoms with Gasteiger partial charge in [0.05, 0.1) is 52.1 Å². The summed E-state index contributed by atoms with van der Waals surface area (Å²) in [5.74, 6) is 2.94. The first-order valence-corrected chi connectivity index (χ1v) is 29.0. The lowest BCUT2D eigenvalue weighted by Crippen LogP contribution is -2.59. The van der Waals surface area contributed by atoms with E-state index in [1.54, 1.807) is 0 Å². The van der Waals surface area contributed by atoms with Crippen LogP contribution in [-0.4, -0.2) is 100 Å². The van der Waals surface area contributed by atoms with Gasteiger partial charge in [0.25, 0.3) is 0 Å². The van der Waals surface area contributed by atoms with E-state index >= 15 is 0 Å². The first-order chi connectivity index (χ1) is 31.9. The maximum Gasteiger partial charge on any atom is 0.312 e. The molecule has 4 bridgehead atoms. The third-order valence-corrected chi connectivity index (χ3v) is 23.3. The number of esters is 2. The molecule has 8 nitrogen and oxygen atoms in total. The third kappa shape index (κ3) is 9.63. The average molecular weight is 947 g/mol. The zero-order valence-electron chi connectivity index (χ0n) is 45.7. The molecule has 0 heterocycles. The fourth-order valence-electron chi connectivity index (χ4n) is 19.3. The summed E-state index contributed by atoms with van der Waals surface area (Å²) in [7, 11) is 9.18. The van der Waals surface area contributed by atoms with Crippen LogP contribution in [-0.2, 0) is 28.7 Å². The van der Waals surface area contributed by atoms with Crippen LogP contribution < -0.4 is 0 Å². The van der Waals surface area contributed by atoms with Crippen LogP contribution in [0.4, 0.5) is 0 Å². The number of ether oxygens (including phenoxy) is 2. The van der Waals surface area contributed by atoms with Gasteiger partial charge in [0.2, 0.25) is 0 Å². The fourth-order valence-corrected chi connectivity index (χ4v) is 19.3. The topological polar surface area (TPSA) is 86.7 Å². The van der Waals surface area contributed by atoms with Gasteiger partial charge in [-0.05, 0) is 175 Å². The number of hydrogen-bond acceptors (Lipinski definition) is 6. The van der Waals surface area contributed by atoms with Crippen molar-refractivity contribution in [1.82, 2.24) is 0 Å². The molecule has 0 amide bonds. The standard InChI is InChI=1S/C60H102N2O6/c1-53-31-23-47-55(3)27-21-29-57(5,45(55)25-33-59(47,43-53)41-49(53)63)51(65)67-39-37-61(7,8)35-19-17-15-13-11-12-14-16-18-20-36-62(9,10)38-40-68-52(66)58(6)30-22-28-56(4)46(58)26-34-60-42-50(64)54(2,44-60)32-24-48(56)60/h45-48H,11-44H2,1-10H3/q+2/t45-,46+,47-,48+,53-,54-,55+,56+,57+,58+,59-,60-/m0/s1. The molecular weight excluding hydrogens is 845 g/mol. The highest BCUT2D eigenvalue weighted by molar-refractivity contribution is 5.89. The number of nitrogens with zero attached hydrogens (tertiary/aromatic N) is 2. The molecule has 0 aromatic rings. The maximum absolute atomic E-state index is 14.0. The first-order valence-electron chi connectivity index (χ1n) is 29.0. The van der Waals surface area contributed by atoms with Gasteiger partial charge >= 0.3 is 11.9 Å². The van der Waals surface area contributed by atoms with Crippen LogP contribution in [0.15, 0.2) is 0 Å². The van der Waals surface area contributed by atoms with Crippen molar-refractivity contribution in [3.8, 4) is 0 Å². The minimum absolute atomic E-state index is 0.0423. The number of Topliss-reactive ketones (excluding diaryl/α,β-unsaturated/α-hetero) is 2. The number of carbonyl (C=O) groups excluding carboxylic acids is 4. The quantitative estimate of drug-likeness (QED) is 0.0647. The first kappa shape index (κ1) is 52.5. The van der Waals surface area contributed by atoms with E-state index in [2.05, 4.69) is 69.7 Å². The second-order valence-corrected chi connectivity index (χ2v) is 28.9. The lowest BCUT2D eigenvalue weighted by atomic mass is 9.40. The Morgan fingerprint density at radius 3 is 1.16 bits per heavy atom. The van der Waals surface area contributed by atoms with Crippen molar-refractivity contribution in [2.24, 2.45) is 67.0 Å². The molecule has 0 N–H and O–H groups in total. The fraction of sp³-hybridized carbons (Fsp3) is 0.933. The summed E-state index contributed by atoms with van der Waals surface area (Å²) in [4.78, 5) is 54.3. The van der Waals surface area contributed by atoms with Crippen LogP contribution >= 0.6 is 0 Å². The van der Waals surface area contributed by atoms with Gasteiger partial charge < -0.3 is 18.4 Å². The van der Waals surface area contributed by atoms with Gasteiger partial charge in [-0.2, -0.15) is 0 Å².